The van der Waals surface area contributed by atoms with Crippen LogP contribution in [0.2, 0.25) is 0 Å². The lowest BCUT2D eigenvalue weighted by Crippen LogP contribution is -2.48. The van der Waals surface area contributed by atoms with E-state index in [1.54, 1.807) is 13.0 Å². The van der Waals surface area contributed by atoms with Crippen LogP contribution in [0.25, 0.3) is 0 Å². The molecule has 0 radical (unpaired) electrons. The van der Waals surface area contributed by atoms with Crippen LogP contribution in [-0.2, 0) is 14.3 Å². The van der Waals surface area contributed by atoms with Gasteiger partial charge in [0.15, 0.2) is 0 Å². The minimum absolute atomic E-state index is 0.0188. The molecule has 0 N–H and O–H groups in total. The predicted molar refractivity (Wildman–Crippen MR) is 72.3 cm³/mol. The summed E-state index contributed by atoms with van der Waals surface area (Å²) in [6.07, 6.45) is 3.09. The Balaban J connectivity index is 2.25. The second-order valence-electron chi connectivity index (χ2n) is 5.34. The maximum atomic E-state index is 12.2. The molecule has 0 saturated heterocycles. The molecule has 7 nitrogen and oxygen atoms in total. The van der Waals surface area contributed by atoms with Gasteiger partial charge in [0.1, 0.15) is 12.6 Å². The van der Waals surface area contributed by atoms with Crippen LogP contribution >= 0.6 is 0 Å². The number of carbonyl (C=O) groups is 1. The topological polar surface area (TPSA) is 91.8 Å². The van der Waals surface area contributed by atoms with Gasteiger partial charge < -0.3 is 13.9 Å². The van der Waals surface area contributed by atoms with Crippen LogP contribution in [0.4, 0.5) is 0 Å². The summed E-state index contributed by atoms with van der Waals surface area (Å²) in [6.45, 7) is 1.91. The molecule has 1 aromatic rings. The smallest absolute Gasteiger partial charge is 0.226 e. The van der Waals surface area contributed by atoms with E-state index in [0.717, 1.165) is 0 Å². The van der Waals surface area contributed by atoms with Crippen LogP contribution in [0.15, 0.2) is 23.0 Å². The van der Waals surface area contributed by atoms with Crippen LogP contribution in [0.1, 0.15) is 24.8 Å². The summed E-state index contributed by atoms with van der Waals surface area (Å²) in [5.74, 6) is -1.33. The molecule has 0 aliphatic heterocycles. The van der Waals surface area contributed by atoms with Gasteiger partial charge in [-0.15, -0.1) is 0 Å². The van der Waals surface area contributed by atoms with E-state index in [1.165, 1.54) is 19.6 Å². The lowest BCUT2D eigenvalue weighted by Gasteiger charge is -2.35. The summed E-state index contributed by atoms with van der Waals surface area (Å²) < 4.78 is 15.1. The van der Waals surface area contributed by atoms with Crippen molar-refractivity contribution < 1.29 is 23.6 Å². The molecule has 1 saturated carbocycles. The SMILES string of the molecule is COCOC[C@@H]1[C@H]([N+](=O)[O-])[C@@H](c2ccoc2)CC(=O)[C@@H]1C. The Bertz CT molecular complexity index is 486. The number of nitro groups is 1. The molecule has 1 heterocycles. The first-order valence-electron chi connectivity index (χ1n) is 6.81. The molecule has 0 aromatic carbocycles. The van der Waals surface area contributed by atoms with Gasteiger partial charge in [0.25, 0.3) is 0 Å². The van der Waals surface area contributed by atoms with E-state index >= 15 is 0 Å². The molecule has 2 rings (SSSR count). The first-order chi connectivity index (χ1) is 10.1. The van der Waals surface area contributed by atoms with E-state index in [-0.39, 0.29) is 30.5 Å². The van der Waals surface area contributed by atoms with Gasteiger partial charge in [-0.1, -0.05) is 6.92 Å². The Labute approximate surface area is 122 Å². The van der Waals surface area contributed by atoms with Gasteiger partial charge in [0.2, 0.25) is 6.04 Å². The highest BCUT2D eigenvalue weighted by Crippen LogP contribution is 2.39. The Morgan fingerprint density at radius 2 is 2.29 bits per heavy atom. The summed E-state index contributed by atoms with van der Waals surface area (Å²) in [7, 11) is 1.48. The van der Waals surface area contributed by atoms with Gasteiger partial charge in [-0.25, -0.2) is 0 Å². The fourth-order valence-electron chi connectivity index (χ4n) is 2.97. The van der Waals surface area contributed by atoms with E-state index in [9.17, 15) is 14.9 Å². The van der Waals surface area contributed by atoms with Crippen LogP contribution in [-0.4, -0.2) is 37.3 Å². The summed E-state index contributed by atoms with van der Waals surface area (Å²) >= 11 is 0. The van der Waals surface area contributed by atoms with Crippen LogP contribution < -0.4 is 0 Å². The molecule has 1 fully saturated rings. The number of hydrogen-bond donors (Lipinski definition) is 0. The van der Waals surface area contributed by atoms with E-state index in [0.29, 0.717) is 5.56 Å². The summed E-state index contributed by atoms with van der Waals surface area (Å²) in [4.78, 5) is 23.4. The van der Waals surface area contributed by atoms with Crippen LogP contribution in [0, 0.1) is 22.0 Å². The predicted octanol–water partition coefficient (Wildman–Crippen LogP) is 1.85. The largest absolute Gasteiger partial charge is 0.472 e. The molecule has 1 aromatic heterocycles. The highest BCUT2D eigenvalue weighted by molar-refractivity contribution is 5.83. The van der Waals surface area contributed by atoms with Crippen molar-refractivity contribution in [3.63, 3.8) is 0 Å². The normalized spacial score (nSPS) is 29.5. The number of ketones is 1. The zero-order valence-corrected chi connectivity index (χ0v) is 12.1. The van der Waals surface area contributed by atoms with Crippen molar-refractivity contribution in [1.29, 1.82) is 0 Å². The summed E-state index contributed by atoms with van der Waals surface area (Å²) in [5.41, 5.74) is 0.689. The molecule has 0 bridgehead atoms. The first kappa shape index (κ1) is 15.7. The lowest BCUT2D eigenvalue weighted by molar-refractivity contribution is -0.540. The third-order valence-electron chi connectivity index (χ3n) is 4.15. The van der Waals surface area contributed by atoms with E-state index in [4.69, 9.17) is 13.9 Å². The van der Waals surface area contributed by atoms with Crippen molar-refractivity contribution in [2.24, 2.45) is 11.8 Å². The molecule has 1 aliphatic rings. The molecule has 1 aliphatic carbocycles. The fraction of sp³-hybridized carbons (Fsp3) is 0.643. The Morgan fingerprint density at radius 1 is 1.52 bits per heavy atom. The van der Waals surface area contributed by atoms with Crippen molar-refractivity contribution in [3.8, 4) is 0 Å². The molecular formula is C14H19NO6. The molecular weight excluding hydrogens is 278 g/mol. The van der Waals surface area contributed by atoms with Crippen molar-refractivity contribution >= 4 is 5.78 Å². The van der Waals surface area contributed by atoms with Crippen molar-refractivity contribution in [2.75, 3.05) is 20.5 Å². The standard InChI is InChI=1S/C14H19NO6/c1-9-12(7-21-8-19-2)14(15(17)18)11(5-13(9)16)10-3-4-20-6-10/h3-4,6,9,11-12,14H,5,7-8H2,1-2H3/t9-,11-,12+,14-/m1/s1. The van der Waals surface area contributed by atoms with Crippen LogP contribution in [0.5, 0.6) is 0 Å². The number of ether oxygens (including phenoxy) is 2. The maximum Gasteiger partial charge on any atom is 0.226 e. The van der Waals surface area contributed by atoms with Gasteiger partial charge in [-0.2, -0.15) is 0 Å². The minimum atomic E-state index is -0.868. The molecule has 116 valence electrons. The van der Waals surface area contributed by atoms with Crippen molar-refractivity contribution in [3.05, 3.63) is 34.3 Å². The number of nitrogens with zero attached hydrogens (tertiary/aromatic N) is 1. The molecule has 4 atom stereocenters. The summed E-state index contributed by atoms with van der Waals surface area (Å²) in [5, 5.41) is 11.5. The first-order valence-corrected chi connectivity index (χ1v) is 6.81. The fourth-order valence-corrected chi connectivity index (χ4v) is 2.97. The summed E-state index contributed by atoms with van der Waals surface area (Å²) in [6, 6.07) is 0.810. The average molecular weight is 297 g/mol. The number of carbonyl (C=O) groups excluding carboxylic acids is 1. The van der Waals surface area contributed by atoms with E-state index in [2.05, 4.69) is 0 Å². The Kier molecular flexibility index (Phi) is 5.08. The second kappa shape index (κ2) is 6.82. The van der Waals surface area contributed by atoms with Crippen LogP contribution in [0.3, 0.4) is 0 Å². The third-order valence-corrected chi connectivity index (χ3v) is 4.15. The monoisotopic (exact) mass is 297 g/mol. The molecule has 7 heteroatoms. The average Bonchev–Trinajstić information content (AvgIpc) is 2.96. The van der Waals surface area contributed by atoms with Crippen molar-refractivity contribution in [1.82, 2.24) is 0 Å². The number of rotatable bonds is 6. The van der Waals surface area contributed by atoms with Crippen molar-refractivity contribution in [2.45, 2.75) is 25.3 Å². The molecule has 0 amide bonds. The van der Waals surface area contributed by atoms with Gasteiger partial charge in [-0.05, 0) is 6.07 Å². The lowest BCUT2D eigenvalue weighted by atomic mass is 9.69. The Hall–Kier alpha value is -1.73. The minimum Gasteiger partial charge on any atom is -0.472 e. The van der Waals surface area contributed by atoms with Gasteiger partial charge in [0, 0.05) is 29.9 Å². The zero-order valence-electron chi connectivity index (χ0n) is 12.1. The molecule has 21 heavy (non-hydrogen) atoms. The second-order valence-corrected chi connectivity index (χ2v) is 5.34. The highest BCUT2D eigenvalue weighted by Gasteiger charge is 2.50. The van der Waals surface area contributed by atoms with E-state index in [1.807, 2.05) is 0 Å². The zero-order chi connectivity index (χ0) is 15.4. The number of methoxy groups -OCH3 is 1. The molecule has 0 unspecified atom stereocenters. The van der Waals surface area contributed by atoms with Gasteiger partial charge >= 0.3 is 0 Å². The highest BCUT2D eigenvalue weighted by atomic mass is 16.7. The molecule has 0 spiro atoms. The van der Waals surface area contributed by atoms with Gasteiger partial charge in [-0.3, -0.25) is 14.9 Å². The number of Topliss-reactive ketones (excluding diaryl/α,β-unsaturated/α-hetero) is 1. The quantitative estimate of drug-likeness (QED) is 0.344. The number of furan rings is 1. The maximum absolute atomic E-state index is 12.2. The Morgan fingerprint density at radius 3 is 2.86 bits per heavy atom. The third kappa shape index (κ3) is 3.30. The van der Waals surface area contributed by atoms with Gasteiger partial charge in [0.05, 0.1) is 31.0 Å². The number of hydrogen-bond acceptors (Lipinski definition) is 6. The van der Waals surface area contributed by atoms with E-state index < -0.39 is 23.8 Å².